The maximum absolute atomic E-state index is 12.5. The number of carbonyl (C=O) groups excluding carboxylic acids is 1. The van der Waals surface area contributed by atoms with Crippen LogP contribution in [0.1, 0.15) is 74.7 Å². The minimum Gasteiger partial charge on any atom is -0.476 e. The molecule has 0 saturated carbocycles. The molecule has 0 aromatic carbocycles. The fourth-order valence-corrected chi connectivity index (χ4v) is 2.94. The third-order valence-electron chi connectivity index (χ3n) is 4.52. The number of hydrogen-bond donors (Lipinski definition) is 0. The van der Waals surface area contributed by atoms with Crippen LogP contribution in [-0.4, -0.2) is 17.2 Å². The summed E-state index contributed by atoms with van der Waals surface area (Å²) in [6.07, 6.45) is 9.12. The average molecular weight is 337 g/mol. The molecule has 3 atom stereocenters. The highest BCUT2D eigenvalue weighted by Gasteiger charge is 2.38. The van der Waals surface area contributed by atoms with Gasteiger partial charge in [-0.15, -0.1) is 0 Å². The molecule has 0 radical (unpaired) electrons. The molecule has 3 nitrogen and oxygen atoms in total. The highest BCUT2D eigenvalue weighted by atomic mass is 16.6. The van der Waals surface area contributed by atoms with Crippen molar-refractivity contribution in [3.8, 4) is 0 Å². The van der Waals surface area contributed by atoms with Crippen molar-refractivity contribution in [1.82, 2.24) is 0 Å². The van der Waals surface area contributed by atoms with Crippen LogP contribution in [0.15, 0.2) is 24.0 Å². The van der Waals surface area contributed by atoms with Gasteiger partial charge < -0.3 is 9.47 Å². The van der Waals surface area contributed by atoms with Crippen molar-refractivity contribution in [2.24, 2.45) is 17.8 Å². The Morgan fingerprint density at radius 2 is 1.88 bits per heavy atom. The lowest BCUT2D eigenvalue weighted by Gasteiger charge is -2.32. The van der Waals surface area contributed by atoms with E-state index in [1.165, 1.54) is 6.42 Å². The molecule has 0 N–H and O–H groups in total. The summed E-state index contributed by atoms with van der Waals surface area (Å²) in [7, 11) is 0. The van der Waals surface area contributed by atoms with E-state index in [4.69, 9.17) is 9.47 Å². The van der Waals surface area contributed by atoms with Gasteiger partial charge in [-0.3, -0.25) is 0 Å². The first-order chi connectivity index (χ1) is 11.0. The Labute approximate surface area is 148 Å². The van der Waals surface area contributed by atoms with Crippen molar-refractivity contribution in [1.29, 1.82) is 0 Å². The zero-order valence-electron chi connectivity index (χ0n) is 16.8. The van der Waals surface area contributed by atoms with Gasteiger partial charge in [0.05, 0.1) is 0 Å². The lowest BCUT2D eigenvalue weighted by molar-refractivity contribution is -0.177. The Balaban J connectivity index is 2.70. The topological polar surface area (TPSA) is 35.5 Å². The Morgan fingerprint density at radius 3 is 2.29 bits per heavy atom. The normalized spacial score (nSPS) is 21.9. The van der Waals surface area contributed by atoms with Gasteiger partial charge in [-0.1, -0.05) is 33.8 Å². The molecule has 138 valence electrons. The molecule has 3 unspecified atom stereocenters. The van der Waals surface area contributed by atoms with Gasteiger partial charge in [0.1, 0.15) is 11.4 Å². The minimum atomic E-state index is -0.945. The summed E-state index contributed by atoms with van der Waals surface area (Å²) in [5.41, 5.74) is -1.45. The quantitative estimate of drug-likeness (QED) is 0.563. The number of carbonyl (C=O) groups is 1. The fourth-order valence-electron chi connectivity index (χ4n) is 2.94. The molecular weight excluding hydrogens is 300 g/mol. The van der Waals surface area contributed by atoms with Crippen molar-refractivity contribution in [3.05, 3.63) is 24.0 Å². The Hall–Kier alpha value is -1.25. The minimum absolute atomic E-state index is 0.304. The van der Waals surface area contributed by atoms with E-state index < -0.39 is 11.2 Å². The van der Waals surface area contributed by atoms with Gasteiger partial charge in [-0.05, 0) is 76.9 Å². The van der Waals surface area contributed by atoms with Gasteiger partial charge in [0.15, 0.2) is 0 Å². The van der Waals surface area contributed by atoms with Crippen LogP contribution < -0.4 is 0 Å². The number of allylic oxidation sites excluding steroid dienone is 3. The van der Waals surface area contributed by atoms with Crippen LogP contribution in [0.5, 0.6) is 0 Å². The maximum atomic E-state index is 12.5. The number of esters is 1. The molecule has 3 heteroatoms. The molecule has 1 aliphatic carbocycles. The summed E-state index contributed by atoms with van der Waals surface area (Å²) < 4.78 is 11.6. The van der Waals surface area contributed by atoms with Gasteiger partial charge >= 0.3 is 5.97 Å². The smallest absolute Gasteiger partial charge is 0.350 e. The zero-order chi connectivity index (χ0) is 18.5. The van der Waals surface area contributed by atoms with E-state index in [0.29, 0.717) is 24.2 Å². The van der Waals surface area contributed by atoms with Crippen molar-refractivity contribution < 1.29 is 14.3 Å². The SMILES string of the molecule is CCC(C)(OC1=CCC(C(C)CC(C)C)C=C1)C(=O)OC(C)(C)C. The molecule has 1 rings (SSSR count). The summed E-state index contributed by atoms with van der Waals surface area (Å²) >= 11 is 0. The molecule has 0 spiro atoms. The first kappa shape index (κ1) is 20.8. The number of hydrogen-bond acceptors (Lipinski definition) is 3. The summed E-state index contributed by atoms with van der Waals surface area (Å²) in [6, 6.07) is 0. The first-order valence-electron chi connectivity index (χ1n) is 9.27. The van der Waals surface area contributed by atoms with Crippen LogP contribution in [0, 0.1) is 17.8 Å². The van der Waals surface area contributed by atoms with Crippen molar-refractivity contribution >= 4 is 5.97 Å². The van der Waals surface area contributed by atoms with Crippen LogP contribution in [-0.2, 0) is 14.3 Å². The van der Waals surface area contributed by atoms with E-state index >= 15 is 0 Å². The van der Waals surface area contributed by atoms with Crippen LogP contribution in [0.4, 0.5) is 0 Å². The standard InChI is InChI=1S/C21H36O3/c1-9-21(8,19(22)24-20(5,6)7)23-18-12-10-17(11-13-18)16(4)14-15(2)3/h10,12-13,15-17H,9,11,14H2,1-8H3. The summed E-state index contributed by atoms with van der Waals surface area (Å²) in [4.78, 5) is 12.5. The largest absolute Gasteiger partial charge is 0.476 e. The van der Waals surface area contributed by atoms with Crippen LogP contribution in [0.2, 0.25) is 0 Å². The summed E-state index contributed by atoms with van der Waals surface area (Å²) in [5.74, 6) is 2.39. The fraction of sp³-hybridized carbons (Fsp3) is 0.762. The van der Waals surface area contributed by atoms with Crippen molar-refractivity contribution in [2.75, 3.05) is 0 Å². The molecule has 0 bridgehead atoms. The highest BCUT2D eigenvalue weighted by molar-refractivity contribution is 5.79. The van der Waals surface area contributed by atoms with Gasteiger partial charge in [0.2, 0.25) is 5.60 Å². The van der Waals surface area contributed by atoms with E-state index in [2.05, 4.69) is 32.9 Å². The van der Waals surface area contributed by atoms with Gasteiger partial charge in [-0.2, -0.15) is 0 Å². The third kappa shape index (κ3) is 6.33. The van der Waals surface area contributed by atoms with Gasteiger partial charge in [0.25, 0.3) is 0 Å². The molecule has 1 aliphatic rings. The monoisotopic (exact) mass is 336 g/mol. The molecule has 0 saturated heterocycles. The van der Waals surface area contributed by atoms with E-state index in [9.17, 15) is 4.79 Å². The van der Waals surface area contributed by atoms with E-state index in [0.717, 1.165) is 12.2 Å². The van der Waals surface area contributed by atoms with E-state index in [-0.39, 0.29) is 5.97 Å². The van der Waals surface area contributed by atoms with E-state index in [1.807, 2.05) is 40.7 Å². The van der Waals surface area contributed by atoms with Gasteiger partial charge in [-0.25, -0.2) is 4.79 Å². The molecule has 0 aliphatic heterocycles. The van der Waals surface area contributed by atoms with E-state index in [1.54, 1.807) is 0 Å². The Bertz CT molecular complexity index is 482. The number of ether oxygens (including phenoxy) is 2. The number of rotatable bonds is 7. The van der Waals surface area contributed by atoms with Gasteiger partial charge in [0, 0.05) is 0 Å². The van der Waals surface area contributed by atoms with Crippen LogP contribution >= 0.6 is 0 Å². The first-order valence-corrected chi connectivity index (χ1v) is 9.27. The lowest BCUT2D eigenvalue weighted by atomic mass is 9.83. The second kappa shape index (κ2) is 8.22. The summed E-state index contributed by atoms with van der Waals surface area (Å²) in [6.45, 7) is 16.2. The zero-order valence-corrected chi connectivity index (χ0v) is 16.8. The molecule has 0 aromatic rings. The maximum Gasteiger partial charge on any atom is 0.350 e. The van der Waals surface area contributed by atoms with Crippen LogP contribution in [0.3, 0.4) is 0 Å². The molecule has 0 fully saturated rings. The second-order valence-corrected chi connectivity index (χ2v) is 8.66. The third-order valence-corrected chi connectivity index (χ3v) is 4.52. The predicted molar refractivity (Wildman–Crippen MR) is 99.6 cm³/mol. The average Bonchev–Trinajstić information content (AvgIpc) is 2.45. The summed E-state index contributed by atoms with van der Waals surface area (Å²) in [5, 5.41) is 0. The second-order valence-electron chi connectivity index (χ2n) is 8.66. The molecule has 0 amide bonds. The Morgan fingerprint density at radius 1 is 1.25 bits per heavy atom. The molecule has 0 heterocycles. The van der Waals surface area contributed by atoms with Crippen LogP contribution in [0.25, 0.3) is 0 Å². The van der Waals surface area contributed by atoms with Crippen molar-refractivity contribution in [2.45, 2.75) is 85.9 Å². The molecule has 0 aromatic heterocycles. The lowest BCUT2D eigenvalue weighted by Crippen LogP contribution is -2.42. The predicted octanol–water partition coefficient (Wildman–Crippen LogP) is 5.66. The van der Waals surface area contributed by atoms with Crippen molar-refractivity contribution in [3.63, 3.8) is 0 Å². The highest BCUT2D eigenvalue weighted by Crippen LogP contribution is 2.31. The molecular formula is C21H36O3. The molecule has 24 heavy (non-hydrogen) atoms. The Kier molecular flexibility index (Phi) is 7.12.